The van der Waals surface area contributed by atoms with Gasteiger partial charge in [0.15, 0.2) is 0 Å². The van der Waals surface area contributed by atoms with Crippen LogP contribution in [0.2, 0.25) is 10.0 Å². The van der Waals surface area contributed by atoms with E-state index in [-0.39, 0.29) is 12.6 Å². The van der Waals surface area contributed by atoms with Crippen molar-refractivity contribution in [1.29, 1.82) is 0 Å². The molecule has 0 saturated carbocycles. The van der Waals surface area contributed by atoms with Crippen LogP contribution >= 0.6 is 23.2 Å². The van der Waals surface area contributed by atoms with Crippen LogP contribution in [0.1, 0.15) is 38.3 Å². The molecule has 0 spiro atoms. The lowest BCUT2D eigenvalue weighted by Crippen LogP contribution is -2.60. The van der Waals surface area contributed by atoms with E-state index < -0.39 is 22.5 Å². The Balaban J connectivity index is 1.91. The second-order valence-electron chi connectivity index (χ2n) is 7.57. The van der Waals surface area contributed by atoms with Gasteiger partial charge in [-0.15, -0.1) is 0 Å². The second-order valence-corrected chi connectivity index (χ2v) is 8.39. The lowest BCUT2D eigenvalue weighted by atomic mass is 9.93. The fourth-order valence-electron chi connectivity index (χ4n) is 4.44. The number of anilines is 1. The fraction of sp³-hybridized carbons (Fsp3) is 0.350. The summed E-state index contributed by atoms with van der Waals surface area (Å²) < 4.78 is 1.07. The van der Waals surface area contributed by atoms with Crippen molar-refractivity contribution < 1.29 is 19.2 Å². The highest BCUT2D eigenvalue weighted by atomic mass is 35.5. The quantitative estimate of drug-likeness (QED) is 0.668. The lowest BCUT2D eigenvalue weighted by molar-refractivity contribution is -0.790. The first-order chi connectivity index (χ1) is 13.8. The zero-order valence-corrected chi connectivity index (χ0v) is 17.5. The van der Waals surface area contributed by atoms with Crippen molar-refractivity contribution in [2.75, 3.05) is 11.9 Å². The van der Waals surface area contributed by atoms with E-state index in [1.165, 1.54) is 0 Å². The third-order valence-electron chi connectivity index (χ3n) is 5.99. The highest BCUT2D eigenvalue weighted by Gasteiger charge is 2.56. The Morgan fingerprint density at radius 1 is 1.28 bits per heavy atom. The molecule has 1 aromatic carbocycles. The number of carbonyl (C=O) groups excluding carboxylic acids is 1. The molecule has 1 saturated heterocycles. The molecule has 2 unspecified atom stereocenters. The largest absolute Gasteiger partial charge is 0.521 e. The molecule has 7 nitrogen and oxygen atoms in total. The van der Waals surface area contributed by atoms with Crippen LogP contribution < -0.4 is 5.32 Å². The first-order valence-electron chi connectivity index (χ1n) is 9.39. The van der Waals surface area contributed by atoms with Crippen LogP contribution in [-0.4, -0.2) is 44.0 Å². The topological polar surface area (TPSA) is 84.2 Å². The van der Waals surface area contributed by atoms with E-state index in [2.05, 4.69) is 10.4 Å². The predicted octanol–water partition coefficient (Wildman–Crippen LogP) is 4.68. The van der Waals surface area contributed by atoms with Crippen LogP contribution in [-0.2, 0) is 4.79 Å². The van der Waals surface area contributed by atoms with Crippen LogP contribution in [0.5, 0.6) is 0 Å². The number of hydrogen-bond donors (Lipinski definition) is 2. The maximum absolute atomic E-state index is 13.8. The Bertz CT molecular complexity index is 1050. The van der Waals surface area contributed by atoms with Crippen LogP contribution in [0.3, 0.4) is 0 Å². The Kier molecular flexibility index (Phi) is 4.93. The van der Waals surface area contributed by atoms with Crippen molar-refractivity contribution >= 4 is 41.0 Å². The normalized spacial score (nSPS) is 26.2. The fourth-order valence-corrected chi connectivity index (χ4v) is 4.74. The summed E-state index contributed by atoms with van der Waals surface area (Å²) in [5.41, 5.74) is 1.69. The molecule has 0 radical (unpaired) electrons. The number of benzene rings is 1. The van der Waals surface area contributed by atoms with E-state index in [1.54, 1.807) is 42.1 Å². The molecule has 3 heterocycles. The van der Waals surface area contributed by atoms with Gasteiger partial charge in [-0.05, 0) is 31.5 Å². The van der Waals surface area contributed by atoms with Gasteiger partial charge in [-0.2, -0.15) is 14.4 Å². The van der Waals surface area contributed by atoms with Crippen LogP contribution in [0.15, 0.2) is 41.7 Å². The number of nitrogens with zero attached hydrogens (tertiary/aromatic N) is 3. The summed E-state index contributed by atoms with van der Waals surface area (Å²) in [6.45, 7) is 3.87. The summed E-state index contributed by atoms with van der Waals surface area (Å²) >= 11 is 12.3. The third kappa shape index (κ3) is 2.96. The summed E-state index contributed by atoms with van der Waals surface area (Å²) in [5, 5.41) is 18.4. The molecule has 2 aliphatic rings. The van der Waals surface area contributed by atoms with Gasteiger partial charge in [0.2, 0.25) is 0 Å². The molecule has 152 valence electrons. The molecule has 1 aromatic heterocycles. The predicted molar refractivity (Wildman–Crippen MR) is 110 cm³/mol. The number of aromatic nitrogens is 2. The monoisotopic (exact) mass is 435 g/mol. The standard InChI is InChI=1S/C20H20Cl2N4O3/c1-11-4-3-9-26(11,20(28)29)19(27)17-12(2)24-16-7-8-23-25(16)18(17)13-5-6-14(21)15(22)10-13/h5-8,10-11,18H,3-4,9H2,1-2H3,(H-,23,24,27,28,29)/p+1/t11-,18?,26?/m1/s1. The van der Waals surface area contributed by atoms with Crippen molar-refractivity contribution in [3.8, 4) is 0 Å². The van der Waals surface area contributed by atoms with Crippen molar-refractivity contribution in [2.24, 2.45) is 0 Å². The summed E-state index contributed by atoms with van der Waals surface area (Å²) in [7, 11) is 0. The van der Waals surface area contributed by atoms with Gasteiger partial charge in [0.05, 0.1) is 22.8 Å². The Morgan fingerprint density at radius 2 is 2.03 bits per heavy atom. The highest BCUT2D eigenvalue weighted by molar-refractivity contribution is 6.42. The lowest BCUT2D eigenvalue weighted by Gasteiger charge is -2.35. The summed E-state index contributed by atoms with van der Waals surface area (Å²) in [5.74, 6) is 0.288. The molecular formula is C20H21Cl2N4O3+. The number of carbonyl (C=O) groups is 2. The third-order valence-corrected chi connectivity index (χ3v) is 6.73. The zero-order chi connectivity index (χ0) is 20.9. The maximum Gasteiger partial charge on any atom is 0.521 e. The molecule has 3 atom stereocenters. The number of allylic oxidation sites excluding steroid dienone is 1. The van der Waals surface area contributed by atoms with E-state index in [9.17, 15) is 14.7 Å². The molecule has 2 amide bonds. The SMILES string of the molecule is CC1=C(C(=O)[N+]2(C(=O)O)CCC[C@H]2C)C(c2ccc(Cl)c(Cl)c2)n2nccc2N1. The maximum atomic E-state index is 13.8. The average molecular weight is 436 g/mol. The van der Waals surface area contributed by atoms with E-state index in [1.807, 2.05) is 6.92 Å². The molecule has 2 N–H and O–H groups in total. The van der Waals surface area contributed by atoms with Crippen LogP contribution in [0.25, 0.3) is 0 Å². The molecule has 9 heteroatoms. The smallest absolute Gasteiger partial charge is 0.435 e. The molecule has 29 heavy (non-hydrogen) atoms. The number of rotatable bonds is 2. The number of fused-ring (bicyclic) bond motifs is 1. The van der Waals surface area contributed by atoms with Crippen molar-refractivity contribution in [3.05, 3.63) is 57.3 Å². The number of halogens is 2. The molecule has 1 fully saturated rings. The van der Waals surface area contributed by atoms with Gasteiger partial charge in [-0.3, -0.25) is 0 Å². The minimum absolute atomic E-state index is 0.270. The second kappa shape index (κ2) is 7.16. The van der Waals surface area contributed by atoms with Gasteiger partial charge in [0.25, 0.3) is 0 Å². The van der Waals surface area contributed by atoms with E-state index >= 15 is 0 Å². The van der Waals surface area contributed by atoms with Crippen LogP contribution in [0.4, 0.5) is 10.6 Å². The number of carboxylic acid groups (broad SMARTS) is 1. The van der Waals surface area contributed by atoms with E-state index in [0.717, 1.165) is 0 Å². The molecule has 2 aromatic rings. The summed E-state index contributed by atoms with van der Waals surface area (Å²) in [4.78, 5) is 26.2. The number of likely N-dealkylation sites (tertiary alicyclic amines) is 1. The number of quaternary nitrogens is 1. The number of imide groups is 1. The Hall–Kier alpha value is -2.35. The van der Waals surface area contributed by atoms with E-state index in [4.69, 9.17) is 23.2 Å². The minimum Gasteiger partial charge on any atom is -0.435 e. The van der Waals surface area contributed by atoms with E-state index in [0.29, 0.717) is 45.5 Å². The van der Waals surface area contributed by atoms with Gasteiger partial charge in [0.1, 0.15) is 23.5 Å². The Morgan fingerprint density at radius 3 is 2.66 bits per heavy atom. The average Bonchev–Trinajstić information content (AvgIpc) is 3.29. The minimum atomic E-state index is -1.13. The molecular weight excluding hydrogens is 415 g/mol. The molecule has 0 bridgehead atoms. The highest BCUT2D eigenvalue weighted by Crippen LogP contribution is 2.41. The zero-order valence-electron chi connectivity index (χ0n) is 16.0. The van der Waals surface area contributed by atoms with Crippen molar-refractivity contribution in [3.63, 3.8) is 0 Å². The molecule has 0 aliphatic carbocycles. The number of hydrogen-bond acceptors (Lipinski definition) is 4. The number of amides is 2. The summed E-state index contributed by atoms with van der Waals surface area (Å²) in [6.07, 6.45) is 1.87. The summed E-state index contributed by atoms with van der Waals surface area (Å²) in [6, 6.07) is 6.04. The van der Waals surface area contributed by atoms with Gasteiger partial charge < -0.3 is 10.4 Å². The van der Waals surface area contributed by atoms with Gasteiger partial charge in [0, 0.05) is 24.6 Å². The van der Waals surface area contributed by atoms with Crippen LogP contribution in [0, 0.1) is 0 Å². The Labute approximate surface area is 178 Å². The first-order valence-corrected chi connectivity index (χ1v) is 10.2. The van der Waals surface area contributed by atoms with Crippen molar-refractivity contribution in [1.82, 2.24) is 9.78 Å². The molecule has 4 rings (SSSR count). The van der Waals surface area contributed by atoms with Crippen molar-refractivity contribution in [2.45, 2.75) is 38.8 Å². The van der Waals surface area contributed by atoms with Gasteiger partial charge >= 0.3 is 12.0 Å². The first kappa shape index (κ1) is 19.9. The number of nitrogens with one attached hydrogen (secondary N) is 1. The van der Waals surface area contributed by atoms with Gasteiger partial charge in [-0.25, -0.2) is 9.48 Å². The van der Waals surface area contributed by atoms with Gasteiger partial charge in [-0.1, -0.05) is 29.3 Å². The molecule has 2 aliphatic heterocycles.